The number of amidine groups is 1. The first-order chi connectivity index (χ1) is 14.5. The Labute approximate surface area is 174 Å². The van der Waals surface area contributed by atoms with E-state index in [0.717, 1.165) is 11.1 Å². The Hall–Kier alpha value is -3.68. The van der Waals surface area contributed by atoms with E-state index in [-0.39, 0.29) is 43.1 Å². The molecule has 0 aliphatic carbocycles. The standard InChI is InChI=1S/C22H25N3O5/c1-16(26)24-22(25-29)19-12-10-17(11-13-19)14-23-20(27)8-5-9-21(28)30-15-18-6-3-2-4-7-18/h2-4,6-7,10-13,29H,5,8-9,14-15H2,1H3,(H,23,27)(H,24,25,26). The Bertz CT molecular complexity index is 879. The van der Waals surface area contributed by atoms with Crippen LogP contribution in [0.3, 0.4) is 0 Å². The molecule has 3 N–H and O–H groups in total. The van der Waals surface area contributed by atoms with Crippen LogP contribution in [0.2, 0.25) is 0 Å². The van der Waals surface area contributed by atoms with Crippen molar-refractivity contribution in [3.63, 3.8) is 0 Å². The number of nitrogens with zero attached hydrogens (tertiary/aromatic N) is 1. The molecule has 0 saturated heterocycles. The maximum absolute atomic E-state index is 12.0. The number of hydrogen-bond acceptors (Lipinski definition) is 6. The van der Waals surface area contributed by atoms with Crippen LogP contribution in [0.15, 0.2) is 59.8 Å². The molecule has 0 saturated carbocycles. The molecule has 0 aromatic heterocycles. The van der Waals surface area contributed by atoms with Gasteiger partial charge in [0.15, 0.2) is 5.84 Å². The highest BCUT2D eigenvalue weighted by atomic mass is 16.5. The lowest BCUT2D eigenvalue weighted by atomic mass is 10.1. The third kappa shape index (κ3) is 8.14. The van der Waals surface area contributed by atoms with Crippen LogP contribution >= 0.6 is 0 Å². The molecule has 158 valence electrons. The van der Waals surface area contributed by atoms with E-state index < -0.39 is 0 Å². The van der Waals surface area contributed by atoms with Crippen molar-refractivity contribution in [1.29, 1.82) is 0 Å². The lowest BCUT2D eigenvalue weighted by molar-refractivity contribution is -0.145. The van der Waals surface area contributed by atoms with Gasteiger partial charge in [0.25, 0.3) is 0 Å². The van der Waals surface area contributed by atoms with E-state index in [9.17, 15) is 14.4 Å². The van der Waals surface area contributed by atoms with Crippen molar-refractivity contribution in [3.05, 3.63) is 71.3 Å². The summed E-state index contributed by atoms with van der Waals surface area (Å²) in [4.78, 5) is 34.8. The lowest BCUT2D eigenvalue weighted by Gasteiger charge is -2.08. The quantitative estimate of drug-likeness (QED) is 0.193. The number of nitrogens with one attached hydrogen (secondary N) is 2. The zero-order valence-electron chi connectivity index (χ0n) is 16.8. The summed E-state index contributed by atoms with van der Waals surface area (Å²) in [7, 11) is 0. The van der Waals surface area contributed by atoms with E-state index in [1.807, 2.05) is 30.3 Å². The average Bonchev–Trinajstić information content (AvgIpc) is 2.75. The monoisotopic (exact) mass is 411 g/mol. The number of amides is 2. The van der Waals surface area contributed by atoms with Gasteiger partial charge in [-0.2, -0.15) is 0 Å². The number of hydrogen-bond donors (Lipinski definition) is 3. The van der Waals surface area contributed by atoms with E-state index in [4.69, 9.17) is 9.94 Å². The predicted molar refractivity (Wildman–Crippen MR) is 111 cm³/mol. The van der Waals surface area contributed by atoms with Crippen LogP contribution in [-0.4, -0.2) is 28.8 Å². The Morgan fingerprint density at radius 1 is 0.967 bits per heavy atom. The van der Waals surface area contributed by atoms with E-state index >= 15 is 0 Å². The summed E-state index contributed by atoms with van der Waals surface area (Å²) in [6.45, 7) is 1.87. The van der Waals surface area contributed by atoms with Gasteiger partial charge >= 0.3 is 5.97 Å². The Morgan fingerprint density at radius 3 is 2.30 bits per heavy atom. The minimum Gasteiger partial charge on any atom is -0.461 e. The van der Waals surface area contributed by atoms with Crippen molar-refractivity contribution < 1.29 is 24.3 Å². The largest absolute Gasteiger partial charge is 0.461 e. The van der Waals surface area contributed by atoms with Crippen LogP contribution in [0.5, 0.6) is 0 Å². The van der Waals surface area contributed by atoms with Crippen LogP contribution in [0.4, 0.5) is 0 Å². The van der Waals surface area contributed by atoms with E-state index in [2.05, 4.69) is 15.8 Å². The van der Waals surface area contributed by atoms with Crippen LogP contribution < -0.4 is 10.6 Å². The normalized spacial score (nSPS) is 10.9. The second kappa shape index (κ2) is 12.0. The minimum atomic E-state index is -0.344. The molecule has 0 bridgehead atoms. The first kappa shape index (κ1) is 22.6. The number of rotatable bonds is 9. The van der Waals surface area contributed by atoms with E-state index in [1.165, 1.54) is 6.92 Å². The predicted octanol–water partition coefficient (Wildman–Crippen LogP) is 2.49. The van der Waals surface area contributed by atoms with Crippen molar-refractivity contribution in [2.24, 2.45) is 5.16 Å². The summed E-state index contributed by atoms with van der Waals surface area (Å²) >= 11 is 0. The van der Waals surface area contributed by atoms with Crippen LogP contribution in [-0.2, 0) is 32.3 Å². The first-order valence-corrected chi connectivity index (χ1v) is 9.53. The second-order valence-electron chi connectivity index (χ2n) is 6.60. The van der Waals surface area contributed by atoms with Gasteiger partial charge in [-0.1, -0.05) is 59.8 Å². The fourth-order valence-electron chi connectivity index (χ4n) is 2.59. The smallest absolute Gasteiger partial charge is 0.306 e. The Kier molecular flexibility index (Phi) is 9.05. The average molecular weight is 411 g/mol. The maximum atomic E-state index is 12.0. The molecule has 0 heterocycles. The molecule has 0 spiro atoms. The molecule has 0 radical (unpaired) electrons. The molecule has 8 nitrogen and oxygen atoms in total. The molecule has 2 aromatic carbocycles. The van der Waals surface area contributed by atoms with Gasteiger partial charge in [-0.05, 0) is 17.5 Å². The number of ether oxygens (including phenoxy) is 1. The molecule has 0 unspecified atom stereocenters. The molecule has 2 rings (SSSR count). The molecule has 0 aliphatic heterocycles. The molecule has 2 amide bonds. The summed E-state index contributed by atoms with van der Waals surface area (Å²) in [6.07, 6.45) is 0.815. The third-order valence-electron chi connectivity index (χ3n) is 4.14. The number of oxime groups is 1. The van der Waals surface area contributed by atoms with Gasteiger partial charge < -0.3 is 20.6 Å². The van der Waals surface area contributed by atoms with Gasteiger partial charge in [0, 0.05) is 31.9 Å². The summed E-state index contributed by atoms with van der Waals surface area (Å²) < 4.78 is 5.18. The van der Waals surface area contributed by atoms with Gasteiger partial charge in [0.1, 0.15) is 6.61 Å². The highest BCUT2D eigenvalue weighted by Crippen LogP contribution is 2.07. The van der Waals surface area contributed by atoms with E-state index in [0.29, 0.717) is 18.5 Å². The summed E-state index contributed by atoms with van der Waals surface area (Å²) in [6, 6.07) is 16.3. The topological polar surface area (TPSA) is 117 Å². The molecule has 0 fully saturated rings. The Balaban J connectivity index is 1.66. The fourth-order valence-corrected chi connectivity index (χ4v) is 2.59. The van der Waals surface area contributed by atoms with Gasteiger partial charge in [-0.15, -0.1) is 0 Å². The highest BCUT2D eigenvalue weighted by molar-refractivity contribution is 6.07. The number of carbonyl (C=O) groups is 3. The van der Waals surface area contributed by atoms with Crippen molar-refractivity contribution in [3.8, 4) is 0 Å². The van der Waals surface area contributed by atoms with Gasteiger partial charge in [0.2, 0.25) is 11.8 Å². The Morgan fingerprint density at radius 2 is 1.67 bits per heavy atom. The molecule has 2 aromatic rings. The summed E-state index contributed by atoms with van der Waals surface area (Å²) in [5.74, 6) is -0.783. The second-order valence-corrected chi connectivity index (χ2v) is 6.60. The number of carbonyl (C=O) groups excluding carboxylic acids is 3. The number of esters is 1. The minimum absolute atomic E-state index is 0.0530. The van der Waals surface area contributed by atoms with Gasteiger partial charge in [0.05, 0.1) is 0 Å². The molecule has 0 aliphatic rings. The third-order valence-corrected chi connectivity index (χ3v) is 4.14. The van der Waals surface area contributed by atoms with Crippen LogP contribution in [0.25, 0.3) is 0 Å². The van der Waals surface area contributed by atoms with Crippen molar-refractivity contribution in [2.75, 3.05) is 0 Å². The molecule has 0 atom stereocenters. The zero-order valence-corrected chi connectivity index (χ0v) is 16.8. The first-order valence-electron chi connectivity index (χ1n) is 9.53. The molecule has 30 heavy (non-hydrogen) atoms. The van der Waals surface area contributed by atoms with Crippen molar-refractivity contribution >= 4 is 23.6 Å². The van der Waals surface area contributed by atoms with Crippen molar-refractivity contribution in [1.82, 2.24) is 10.6 Å². The van der Waals surface area contributed by atoms with Crippen LogP contribution in [0, 0.1) is 0 Å². The maximum Gasteiger partial charge on any atom is 0.306 e. The fraction of sp³-hybridized carbons (Fsp3) is 0.273. The van der Waals surface area contributed by atoms with Crippen LogP contribution in [0.1, 0.15) is 42.9 Å². The molecular weight excluding hydrogens is 386 g/mol. The molecular formula is C22H25N3O5. The van der Waals surface area contributed by atoms with Gasteiger partial charge in [-0.3, -0.25) is 14.4 Å². The highest BCUT2D eigenvalue weighted by Gasteiger charge is 2.08. The zero-order chi connectivity index (χ0) is 21.8. The summed E-state index contributed by atoms with van der Waals surface area (Å²) in [5, 5.41) is 17.2. The number of benzene rings is 2. The molecule has 8 heteroatoms. The van der Waals surface area contributed by atoms with Gasteiger partial charge in [-0.25, -0.2) is 0 Å². The van der Waals surface area contributed by atoms with E-state index in [1.54, 1.807) is 24.3 Å². The van der Waals surface area contributed by atoms with Crippen molar-refractivity contribution in [2.45, 2.75) is 39.3 Å². The SMILES string of the molecule is CC(=O)N/C(=N\O)c1ccc(CNC(=O)CCCC(=O)OCc2ccccc2)cc1. The summed E-state index contributed by atoms with van der Waals surface area (Å²) in [5.41, 5.74) is 2.30. The lowest BCUT2D eigenvalue weighted by Crippen LogP contribution is -2.29.